The molecule has 1 fully saturated rings. The Labute approximate surface area is 119 Å². The van der Waals surface area contributed by atoms with Crippen molar-refractivity contribution in [3.8, 4) is 0 Å². The van der Waals surface area contributed by atoms with Crippen molar-refractivity contribution in [3.05, 3.63) is 34.4 Å². The summed E-state index contributed by atoms with van der Waals surface area (Å²) in [6, 6.07) is 2.62. The van der Waals surface area contributed by atoms with Crippen LogP contribution in [0.25, 0.3) is 0 Å². The zero-order valence-corrected chi connectivity index (χ0v) is 11.4. The lowest BCUT2D eigenvalue weighted by atomic mass is 9.94. The van der Waals surface area contributed by atoms with Gasteiger partial charge in [-0.2, -0.15) is 13.2 Å². The lowest BCUT2D eigenvalue weighted by Crippen LogP contribution is -2.59. The van der Waals surface area contributed by atoms with Crippen LogP contribution in [0.15, 0.2) is 12.1 Å². The van der Waals surface area contributed by atoms with Gasteiger partial charge in [0.15, 0.2) is 0 Å². The molecule has 0 bridgehead atoms. The van der Waals surface area contributed by atoms with E-state index in [-0.39, 0.29) is 17.7 Å². The summed E-state index contributed by atoms with van der Waals surface area (Å²) in [5, 5.41) is 12.1. The number of β-amino-alcohol motifs (C(OH)–C–C–N with tert-alkyl or cyclic N) is 1. The minimum Gasteiger partial charge on any atom is -0.388 e. The van der Waals surface area contributed by atoms with E-state index in [4.69, 9.17) is 0 Å². The predicted molar refractivity (Wildman–Crippen MR) is 68.5 cm³/mol. The summed E-state index contributed by atoms with van der Waals surface area (Å²) in [7, 11) is 0. The maximum absolute atomic E-state index is 13.1. The lowest BCUT2D eigenvalue weighted by molar-refractivity contribution is -0.138. The molecule has 7 heteroatoms. The van der Waals surface area contributed by atoms with Gasteiger partial charge in [0.2, 0.25) is 0 Å². The van der Waals surface area contributed by atoms with Gasteiger partial charge in [-0.15, -0.1) is 0 Å². The molecule has 114 valence electrons. The van der Waals surface area contributed by atoms with E-state index in [0.717, 1.165) is 6.07 Å². The van der Waals surface area contributed by atoms with Crippen LogP contribution in [0.4, 0.5) is 13.2 Å². The van der Waals surface area contributed by atoms with Crippen molar-refractivity contribution in [2.24, 2.45) is 0 Å². The smallest absolute Gasteiger partial charge is 0.388 e. The highest BCUT2D eigenvalue weighted by atomic mass is 19.4. The lowest BCUT2D eigenvalue weighted by Gasteiger charge is -2.44. The Morgan fingerprint density at radius 1 is 1.38 bits per heavy atom. The summed E-state index contributed by atoms with van der Waals surface area (Å²) in [6.07, 6.45) is -4.48. The summed E-state index contributed by atoms with van der Waals surface area (Å²) in [4.78, 5) is 13.5. The molecule has 3 rings (SSSR count). The molecule has 21 heavy (non-hydrogen) atoms. The van der Waals surface area contributed by atoms with E-state index >= 15 is 0 Å². The molecule has 1 aromatic carbocycles. The quantitative estimate of drug-likeness (QED) is 0.870. The van der Waals surface area contributed by atoms with Crippen molar-refractivity contribution < 1.29 is 23.1 Å². The maximum Gasteiger partial charge on any atom is 0.416 e. The molecule has 0 unspecified atom stereocenters. The van der Waals surface area contributed by atoms with Crippen molar-refractivity contribution in [1.82, 2.24) is 10.2 Å². The van der Waals surface area contributed by atoms with Crippen LogP contribution in [0, 0.1) is 0 Å². The molecule has 2 heterocycles. The molecule has 1 saturated heterocycles. The summed E-state index contributed by atoms with van der Waals surface area (Å²) in [6.45, 7) is 2.72. The van der Waals surface area contributed by atoms with E-state index in [0.29, 0.717) is 25.2 Å². The van der Waals surface area contributed by atoms with Crippen LogP contribution in [0.1, 0.15) is 34.0 Å². The minimum absolute atomic E-state index is 0.0202. The second kappa shape index (κ2) is 4.45. The van der Waals surface area contributed by atoms with E-state index in [9.17, 15) is 23.1 Å². The molecule has 2 aliphatic heterocycles. The van der Waals surface area contributed by atoms with Crippen molar-refractivity contribution in [3.63, 3.8) is 0 Å². The minimum atomic E-state index is -4.48. The van der Waals surface area contributed by atoms with Crippen LogP contribution in [0.2, 0.25) is 0 Å². The third kappa shape index (κ3) is 2.63. The number of hydrogen-bond donors (Lipinski definition) is 2. The molecule has 0 saturated carbocycles. The van der Waals surface area contributed by atoms with E-state index in [1.165, 1.54) is 6.07 Å². The van der Waals surface area contributed by atoms with Crippen LogP contribution in [0.5, 0.6) is 0 Å². The third-order valence-electron chi connectivity index (χ3n) is 3.82. The summed E-state index contributed by atoms with van der Waals surface area (Å²) in [5.74, 6) is -0.465. The van der Waals surface area contributed by atoms with Crippen molar-refractivity contribution >= 4 is 5.91 Å². The van der Waals surface area contributed by atoms with E-state index in [1.54, 1.807) is 6.92 Å². The third-order valence-corrected chi connectivity index (χ3v) is 3.82. The largest absolute Gasteiger partial charge is 0.416 e. The number of benzene rings is 1. The molecular weight excluding hydrogens is 285 g/mol. The van der Waals surface area contributed by atoms with Gasteiger partial charge < -0.3 is 10.4 Å². The summed E-state index contributed by atoms with van der Waals surface area (Å²) >= 11 is 0. The fourth-order valence-corrected chi connectivity index (χ4v) is 3.02. The predicted octanol–water partition coefficient (Wildman–Crippen LogP) is 1.52. The van der Waals surface area contributed by atoms with Crippen LogP contribution in [0.3, 0.4) is 0 Å². The highest BCUT2D eigenvalue weighted by molar-refractivity contribution is 5.99. The SMILES string of the molecule is CC1(O)CN(Cc2cc3c(c(C(F)(F)F)c2)CNC3=O)C1. The molecular formula is C14H15F3N2O2. The van der Waals surface area contributed by atoms with Gasteiger partial charge in [0.25, 0.3) is 5.91 Å². The normalized spacial score (nSPS) is 20.9. The fourth-order valence-electron chi connectivity index (χ4n) is 3.02. The van der Waals surface area contributed by atoms with E-state index in [1.807, 2.05) is 4.90 Å². The molecule has 0 aromatic heterocycles. The number of carbonyl (C=O) groups is 1. The highest BCUT2D eigenvalue weighted by Gasteiger charge is 2.39. The van der Waals surface area contributed by atoms with E-state index < -0.39 is 23.2 Å². The van der Waals surface area contributed by atoms with Gasteiger partial charge >= 0.3 is 6.18 Å². The number of likely N-dealkylation sites (tertiary alicyclic amines) is 1. The van der Waals surface area contributed by atoms with Crippen LogP contribution in [-0.2, 0) is 19.3 Å². The Balaban J connectivity index is 1.92. The molecule has 1 aromatic rings. The molecule has 4 nitrogen and oxygen atoms in total. The van der Waals surface area contributed by atoms with Gasteiger partial charge in [-0.3, -0.25) is 9.69 Å². The Kier molecular flexibility index (Phi) is 3.04. The average molecular weight is 300 g/mol. The van der Waals surface area contributed by atoms with Crippen LogP contribution < -0.4 is 5.32 Å². The first kappa shape index (κ1) is 14.3. The molecule has 0 spiro atoms. The van der Waals surface area contributed by atoms with Gasteiger partial charge in [-0.05, 0) is 30.2 Å². The first-order valence-corrected chi connectivity index (χ1v) is 6.62. The Morgan fingerprint density at radius 2 is 2.05 bits per heavy atom. The number of rotatable bonds is 2. The molecule has 0 aliphatic carbocycles. The van der Waals surface area contributed by atoms with Gasteiger partial charge in [0.05, 0.1) is 11.2 Å². The van der Waals surface area contributed by atoms with Crippen molar-refractivity contribution in [1.29, 1.82) is 0 Å². The summed E-state index contributed by atoms with van der Waals surface area (Å²) < 4.78 is 39.3. The van der Waals surface area contributed by atoms with Gasteiger partial charge in [-0.1, -0.05) is 0 Å². The number of nitrogens with one attached hydrogen (secondary N) is 1. The number of alkyl halides is 3. The first-order valence-electron chi connectivity index (χ1n) is 6.62. The van der Waals surface area contributed by atoms with E-state index in [2.05, 4.69) is 5.32 Å². The molecule has 0 radical (unpaired) electrons. The number of aliphatic hydroxyl groups is 1. The van der Waals surface area contributed by atoms with Crippen LogP contribution >= 0.6 is 0 Å². The second-order valence-corrected chi connectivity index (χ2v) is 5.99. The first-order chi connectivity index (χ1) is 9.66. The number of nitrogens with zero attached hydrogens (tertiary/aromatic N) is 1. The van der Waals surface area contributed by atoms with Gasteiger partial charge in [-0.25, -0.2) is 0 Å². The molecule has 1 amide bonds. The number of hydrogen-bond acceptors (Lipinski definition) is 3. The monoisotopic (exact) mass is 300 g/mol. The Morgan fingerprint density at radius 3 is 2.62 bits per heavy atom. The zero-order valence-electron chi connectivity index (χ0n) is 11.4. The van der Waals surface area contributed by atoms with Crippen LogP contribution in [-0.4, -0.2) is 34.6 Å². The number of halogens is 3. The van der Waals surface area contributed by atoms with Crippen molar-refractivity contribution in [2.75, 3.05) is 13.1 Å². The number of amides is 1. The standard InChI is InChI=1S/C14H15F3N2O2/c1-13(21)6-19(7-13)5-8-2-9-10(4-18-12(9)20)11(3-8)14(15,16)17/h2-3,21H,4-7H2,1H3,(H,18,20). The number of carbonyl (C=O) groups excluding carboxylic acids is 1. The zero-order chi connectivity index (χ0) is 15.4. The van der Waals surface area contributed by atoms with Crippen molar-refractivity contribution in [2.45, 2.75) is 31.8 Å². The molecule has 0 atom stereocenters. The number of fused-ring (bicyclic) bond motifs is 1. The highest BCUT2D eigenvalue weighted by Crippen LogP contribution is 2.36. The molecule has 2 aliphatic rings. The van der Waals surface area contributed by atoms with Gasteiger partial charge in [0.1, 0.15) is 0 Å². The molecule has 2 N–H and O–H groups in total. The fraction of sp³-hybridized carbons (Fsp3) is 0.500. The van der Waals surface area contributed by atoms with Gasteiger partial charge in [0, 0.05) is 31.7 Å². The second-order valence-electron chi connectivity index (χ2n) is 5.99. The summed E-state index contributed by atoms with van der Waals surface area (Å²) in [5.41, 5.74) is -0.964. The topological polar surface area (TPSA) is 52.6 Å². The Bertz CT molecular complexity index is 603. The Hall–Kier alpha value is -1.60. The average Bonchev–Trinajstić information content (AvgIpc) is 2.67. The maximum atomic E-state index is 13.1.